The molecular formula is C27H18ClN3. The Kier molecular flexibility index (Phi) is 4.22. The highest BCUT2D eigenvalue weighted by Gasteiger charge is 2.24. The van der Waals surface area contributed by atoms with Gasteiger partial charge in [0.05, 0.1) is 27.8 Å². The van der Waals surface area contributed by atoms with Gasteiger partial charge in [-0.3, -0.25) is 4.98 Å². The molecule has 0 fully saturated rings. The maximum Gasteiger partial charge on any atom is 0.102 e. The fraction of sp³-hybridized carbons (Fsp3) is 0.0370. The second kappa shape index (κ2) is 7.22. The standard InChI is InChI=1S/C27H18ClN3/c28-20-14-16-21(17-15-20)31-27-22-12-6-7-13-23(22)29-25(18-10-4-5-11-18)24(27)26(30-31)19-8-2-1-3-9-19/h1-18H. The van der Waals surface area contributed by atoms with Gasteiger partial charge in [-0.15, -0.1) is 0 Å². The van der Waals surface area contributed by atoms with Crippen molar-refractivity contribution in [1.29, 1.82) is 0 Å². The predicted octanol–water partition coefficient (Wildman–Crippen LogP) is 7.10. The quantitative estimate of drug-likeness (QED) is 0.312. The molecule has 4 heteroatoms. The Morgan fingerprint density at radius 1 is 0.774 bits per heavy atom. The van der Waals surface area contributed by atoms with E-state index in [0.29, 0.717) is 5.02 Å². The third kappa shape index (κ3) is 2.97. The number of nitrogens with zero attached hydrogens (tertiary/aromatic N) is 3. The zero-order valence-corrected chi connectivity index (χ0v) is 17.4. The van der Waals surface area contributed by atoms with Crippen LogP contribution in [0.3, 0.4) is 0 Å². The molecule has 0 N–H and O–H groups in total. The average molecular weight is 420 g/mol. The van der Waals surface area contributed by atoms with Gasteiger partial charge in [0.15, 0.2) is 0 Å². The van der Waals surface area contributed by atoms with Crippen LogP contribution in [0.4, 0.5) is 0 Å². The van der Waals surface area contributed by atoms with Crippen LogP contribution < -0.4 is 0 Å². The molecular weight excluding hydrogens is 402 g/mol. The Balaban J connectivity index is 1.79. The van der Waals surface area contributed by atoms with Crippen molar-refractivity contribution in [3.63, 3.8) is 0 Å². The summed E-state index contributed by atoms with van der Waals surface area (Å²) in [5.41, 5.74) is 6.04. The van der Waals surface area contributed by atoms with Crippen LogP contribution in [0.5, 0.6) is 0 Å². The molecule has 1 aliphatic carbocycles. The summed E-state index contributed by atoms with van der Waals surface area (Å²) in [5.74, 6) is 0.123. The summed E-state index contributed by atoms with van der Waals surface area (Å²) >= 11 is 6.17. The lowest BCUT2D eigenvalue weighted by Crippen LogP contribution is -2.00. The number of para-hydroxylation sites is 1. The summed E-state index contributed by atoms with van der Waals surface area (Å²) in [4.78, 5) is 5.12. The summed E-state index contributed by atoms with van der Waals surface area (Å²) < 4.78 is 2.03. The Hall–Kier alpha value is -3.69. The lowest BCUT2D eigenvalue weighted by molar-refractivity contribution is 0.917. The zero-order valence-electron chi connectivity index (χ0n) is 16.6. The van der Waals surface area contributed by atoms with Crippen LogP contribution in [0, 0.1) is 0 Å². The van der Waals surface area contributed by atoms with Crippen molar-refractivity contribution in [3.8, 4) is 16.9 Å². The number of benzene rings is 3. The largest absolute Gasteiger partial charge is 0.251 e. The highest BCUT2D eigenvalue weighted by molar-refractivity contribution is 6.30. The number of pyridine rings is 1. The van der Waals surface area contributed by atoms with E-state index in [2.05, 4.69) is 54.6 Å². The van der Waals surface area contributed by atoms with Gasteiger partial charge < -0.3 is 0 Å². The van der Waals surface area contributed by atoms with Crippen molar-refractivity contribution >= 4 is 33.4 Å². The van der Waals surface area contributed by atoms with Crippen molar-refractivity contribution in [2.24, 2.45) is 0 Å². The van der Waals surface area contributed by atoms with Crippen LogP contribution in [0.2, 0.25) is 5.02 Å². The van der Waals surface area contributed by atoms with Crippen molar-refractivity contribution in [3.05, 3.63) is 114 Å². The van der Waals surface area contributed by atoms with Gasteiger partial charge in [0.1, 0.15) is 5.69 Å². The number of hydrogen-bond donors (Lipinski definition) is 0. The molecule has 2 aromatic heterocycles. The smallest absolute Gasteiger partial charge is 0.102 e. The van der Waals surface area contributed by atoms with Gasteiger partial charge in [0.25, 0.3) is 0 Å². The highest BCUT2D eigenvalue weighted by atomic mass is 35.5. The molecule has 0 atom stereocenters. The molecule has 1 aliphatic rings. The molecule has 6 rings (SSSR count). The van der Waals surface area contributed by atoms with Crippen LogP contribution in [0.25, 0.3) is 38.8 Å². The summed E-state index contributed by atoms with van der Waals surface area (Å²) in [6, 6.07) is 26.4. The van der Waals surface area contributed by atoms with Crippen molar-refractivity contribution < 1.29 is 0 Å². The van der Waals surface area contributed by atoms with E-state index in [4.69, 9.17) is 21.7 Å². The monoisotopic (exact) mass is 419 g/mol. The maximum atomic E-state index is 6.17. The van der Waals surface area contributed by atoms with E-state index in [9.17, 15) is 0 Å². The molecule has 31 heavy (non-hydrogen) atoms. The number of fused-ring (bicyclic) bond motifs is 3. The lowest BCUT2D eigenvalue weighted by Gasteiger charge is -2.12. The van der Waals surface area contributed by atoms with Crippen molar-refractivity contribution in [2.45, 2.75) is 5.92 Å². The van der Waals surface area contributed by atoms with E-state index in [-0.39, 0.29) is 5.92 Å². The van der Waals surface area contributed by atoms with Crippen molar-refractivity contribution in [1.82, 2.24) is 14.8 Å². The maximum absolute atomic E-state index is 6.17. The molecule has 0 saturated carbocycles. The molecule has 148 valence electrons. The number of rotatable bonds is 3. The van der Waals surface area contributed by atoms with E-state index in [1.54, 1.807) is 0 Å². The zero-order chi connectivity index (χ0) is 20.8. The number of aromatic nitrogens is 3. The first-order valence-corrected chi connectivity index (χ1v) is 10.6. The summed E-state index contributed by atoms with van der Waals surface area (Å²) in [6.07, 6.45) is 8.54. The molecule has 0 unspecified atom stereocenters. The molecule has 0 saturated heterocycles. The number of hydrogen-bond acceptors (Lipinski definition) is 2. The predicted molar refractivity (Wildman–Crippen MR) is 128 cm³/mol. The Labute approximate surface area is 184 Å². The molecule has 0 radical (unpaired) electrons. The second-order valence-corrected chi connectivity index (χ2v) is 8.07. The normalized spacial score (nSPS) is 13.6. The fourth-order valence-corrected chi connectivity index (χ4v) is 4.42. The van der Waals surface area contributed by atoms with E-state index >= 15 is 0 Å². The molecule has 3 nitrogen and oxygen atoms in total. The van der Waals surface area contributed by atoms with Crippen LogP contribution in [0.15, 0.2) is 103 Å². The van der Waals surface area contributed by atoms with Gasteiger partial charge in [0, 0.05) is 21.9 Å². The van der Waals surface area contributed by atoms with Crippen LogP contribution in [-0.4, -0.2) is 14.8 Å². The third-order valence-electron chi connectivity index (χ3n) is 5.72. The van der Waals surface area contributed by atoms with E-state index in [1.165, 1.54) is 0 Å². The Morgan fingerprint density at radius 2 is 1.48 bits per heavy atom. The molecule has 3 aromatic carbocycles. The average Bonchev–Trinajstić information content (AvgIpc) is 3.49. The minimum atomic E-state index is 0.123. The molecule has 5 aromatic rings. The van der Waals surface area contributed by atoms with Gasteiger partial charge >= 0.3 is 0 Å². The first kappa shape index (κ1) is 18.1. The number of allylic oxidation sites excluding steroid dienone is 4. The third-order valence-corrected chi connectivity index (χ3v) is 5.98. The van der Waals surface area contributed by atoms with E-state index in [1.807, 2.05) is 53.2 Å². The van der Waals surface area contributed by atoms with Crippen LogP contribution >= 0.6 is 11.6 Å². The first-order chi connectivity index (χ1) is 15.3. The van der Waals surface area contributed by atoms with Gasteiger partial charge in [-0.2, -0.15) is 5.10 Å². The molecule has 2 heterocycles. The Morgan fingerprint density at radius 3 is 2.26 bits per heavy atom. The van der Waals surface area contributed by atoms with Gasteiger partial charge in [-0.25, -0.2) is 4.68 Å². The van der Waals surface area contributed by atoms with Gasteiger partial charge in [-0.1, -0.05) is 84.4 Å². The topological polar surface area (TPSA) is 30.7 Å². The van der Waals surface area contributed by atoms with Crippen LogP contribution in [-0.2, 0) is 0 Å². The lowest BCUT2D eigenvalue weighted by atomic mass is 9.97. The molecule has 0 spiro atoms. The second-order valence-electron chi connectivity index (χ2n) is 7.64. The summed E-state index contributed by atoms with van der Waals surface area (Å²) in [7, 11) is 0. The molecule has 0 bridgehead atoms. The van der Waals surface area contributed by atoms with Gasteiger partial charge in [-0.05, 0) is 30.3 Å². The minimum absolute atomic E-state index is 0.123. The highest BCUT2D eigenvalue weighted by Crippen LogP contribution is 2.39. The minimum Gasteiger partial charge on any atom is -0.251 e. The molecule has 0 aliphatic heterocycles. The Bertz CT molecular complexity index is 1470. The van der Waals surface area contributed by atoms with E-state index < -0.39 is 0 Å². The fourth-order valence-electron chi connectivity index (χ4n) is 4.29. The SMILES string of the molecule is Clc1ccc(-n2nc(-c3ccccc3)c3c(C4C=CC=C4)nc4ccccc4c32)cc1. The summed E-state index contributed by atoms with van der Waals surface area (Å²) in [6.45, 7) is 0. The van der Waals surface area contributed by atoms with E-state index in [0.717, 1.165) is 44.4 Å². The number of halogens is 1. The van der Waals surface area contributed by atoms with Crippen molar-refractivity contribution in [2.75, 3.05) is 0 Å². The first-order valence-electron chi connectivity index (χ1n) is 10.3. The molecule has 0 amide bonds. The van der Waals surface area contributed by atoms with Crippen LogP contribution in [0.1, 0.15) is 11.6 Å². The van der Waals surface area contributed by atoms with Gasteiger partial charge in [0.2, 0.25) is 0 Å². The summed E-state index contributed by atoms with van der Waals surface area (Å²) in [5, 5.41) is 8.00.